The van der Waals surface area contributed by atoms with Gasteiger partial charge in [-0.3, -0.25) is 14.5 Å². The zero-order valence-electron chi connectivity index (χ0n) is 20.5. The van der Waals surface area contributed by atoms with Crippen LogP contribution in [0.1, 0.15) is 17.2 Å². The van der Waals surface area contributed by atoms with Crippen LogP contribution in [0.5, 0.6) is 5.75 Å². The number of hydrogen-bond acceptors (Lipinski definition) is 6. The topological polar surface area (TPSA) is 98.6 Å². The Kier molecular flexibility index (Phi) is 7.92. The first-order valence-corrected chi connectivity index (χ1v) is 11.6. The molecule has 9 heteroatoms. The van der Waals surface area contributed by atoms with E-state index in [0.717, 1.165) is 11.1 Å². The van der Waals surface area contributed by atoms with Gasteiger partial charge in [0.2, 0.25) is 11.8 Å². The van der Waals surface area contributed by atoms with E-state index in [1.807, 2.05) is 73.7 Å². The van der Waals surface area contributed by atoms with Crippen molar-refractivity contribution >= 4 is 28.5 Å². The summed E-state index contributed by atoms with van der Waals surface area (Å²) in [5.74, 6) is -0.202. The van der Waals surface area contributed by atoms with Crippen molar-refractivity contribution in [3.8, 4) is 5.75 Å². The van der Waals surface area contributed by atoms with Crippen molar-refractivity contribution in [1.82, 2.24) is 20.3 Å². The third-order valence-electron chi connectivity index (χ3n) is 5.80. The summed E-state index contributed by atoms with van der Waals surface area (Å²) in [6.45, 7) is 2.46. The van der Waals surface area contributed by atoms with E-state index in [9.17, 15) is 9.59 Å². The zero-order chi connectivity index (χ0) is 25.5. The molecule has 1 heterocycles. The van der Waals surface area contributed by atoms with Crippen LogP contribution >= 0.6 is 0 Å². The Morgan fingerprint density at radius 2 is 1.78 bits per heavy atom. The van der Waals surface area contributed by atoms with Crippen molar-refractivity contribution in [3.05, 3.63) is 83.9 Å². The summed E-state index contributed by atoms with van der Waals surface area (Å²) in [5, 5.41) is 11.2. The lowest BCUT2D eigenvalue weighted by Gasteiger charge is -2.32. The van der Waals surface area contributed by atoms with E-state index < -0.39 is 6.04 Å². The van der Waals surface area contributed by atoms with E-state index in [1.165, 1.54) is 16.7 Å². The maximum Gasteiger partial charge on any atom is 0.249 e. The Balaban J connectivity index is 1.82. The lowest BCUT2D eigenvalue weighted by atomic mass is 10.0. The molecule has 0 aliphatic heterocycles. The van der Waals surface area contributed by atoms with Crippen LogP contribution in [-0.2, 0) is 20.9 Å². The van der Waals surface area contributed by atoms with Crippen LogP contribution in [0.2, 0.25) is 0 Å². The molecule has 1 aromatic heterocycles. The van der Waals surface area contributed by atoms with Gasteiger partial charge in [0.1, 0.15) is 23.9 Å². The molecular formula is C27H29N5O4. The van der Waals surface area contributed by atoms with Crippen molar-refractivity contribution in [2.75, 3.05) is 32.3 Å². The molecule has 3 aromatic carbocycles. The van der Waals surface area contributed by atoms with Crippen LogP contribution in [0.15, 0.2) is 72.8 Å². The first-order valence-electron chi connectivity index (χ1n) is 11.6. The molecule has 0 bridgehead atoms. The number of para-hydroxylation sites is 1. The molecule has 0 aliphatic carbocycles. The summed E-state index contributed by atoms with van der Waals surface area (Å²) in [5.41, 5.74) is 3.47. The molecule has 2 amide bonds. The second kappa shape index (κ2) is 11.5. The maximum atomic E-state index is 14.1. The molecular weight excluding hydrogens is 458 g/mol. The smallest absolute Gasteiger partial charge is 0.249 e. The summed E-state index contributed by atoms with van der Waals surface area (Å²) in [6.07, 6.45) is 0. The summed E-state index contributed by atoms with van der Waals surface area (Å²) in [7, 11) is 3.11. The Labute approximate surface area is 209 Å². The quantitative estimate of drug-likeness (QED) is 0.345. The second-order valence-electron chi connectivity index (χ2n) is 8.27. The van der Waals surface area contributed by atoms with Crippen molar-refractivity contribution in [2.45, 2.75) is 19.5 Å². The second-order valence-corrected chi connectivity index (χ2v) is 8.27. The normalized spacial score (nSPS) is 11.8. The molecule has 1 N–H and O–H groups in total. The maximum absolute atomic E-state index is 14.1. The molecule has 1 atom stereocenters. The van der Waals surface area contributed by atoms with Crippen molar-refractivity contribution in [3.63, 3.8) is 0 Å². The van der Waals surface area contributed by atoms with Crippen LogP contribution in [0.4, 0.5) is 5.69 Å². The van der Waals surface area contributed by atoms with Crippen molar-refractivity contribution < 1.29 is 19.1 Å². The largest absolute Gasteiger partial charge is 0.495 e. The number of aromatic nitrogens is 3. The van der Waals surface area contributed by atoms with E-state index in [-0.39, 0.29) is 18.4 Å². The van der Waals surface area contributed by atoms with E-state index in [0.29, 0.717) is 35.7 Å². The third kappa shape index (κ3) is 5.36. The number of nitrogens with one attached hydrogen (secondary N) is 1. The van der Waals surface area contributed by atoms with E-state index >= 15 is 0 Å². The number of aryl methyl sites for hydroxylation is 1. The average Bonchev–Trinajstić information content (AvgIpc) is 3.30. The number of rotatable bonds is 10. The molecule has 0 saturated carbocycles. The number of anilines is 1. The highest BCUT2D eigenvalue weighted by Crippen LogP contribution is 2.36. The van der Waals surface area contributed by atoms with Gasteiger partial charge in [0.15, 0.2) is 0 Å². The minimum absolute atomic E-state index is 0.119. The van der Waals surface area contributed by atoms with Crippen LogP contribution in [-0.4, -0.2) is 54.2 Å². The zero-order valence-corrected chi connectivity index (χ0v) is 20.5. The summed E-state index contributed by atoms with van der Waals surface area (Å²) in [4.78, 5) is 29.1. The van der Waals surface area contributed by atoms with Gasteiger partial charge in [-0.05, 0) is 42.3 Å². The molecule has 186 valence electrons. The summed E-state index contributed by atoms with van der Waals surface area (Å²) < 4.78 is 12.3. The van der Waals surface area contributed by atoms with Gasteiger partial charge in [-0.15, -0.1) is 5.10 Å². The van der Waals surface area contributed by atoms with Crippen LogP contribution < -0.4 is 15.0 Å². The highest BCUT2D eigenvalue weighted by atomic mass is 16.5. The number of benzene rings is 3. The molecule has 0 saturated heterocycles. The number of methoxy groups -OCH3 is 2. The predicted molar refractivity (Wildman–Crippen MR) is 137 cm³/mol. The number of amides is 2. The monoisotopic (exact) mass is 487 g/mol. The van der Waals surface area contributed by atoms with Gasteiger partial charge in [-0.1, -0.05) is 53.7 Å². The molecule has 4 rings (SSSR count). The lowest BCUT2D eigenvalue weighted by Crippen LogP contribution is -2.46. The van der Waals surface area contributed by atoms with Gasteiger partial charge in [-0.25, -0.2) is 4.68 Å². The highest BCUT2D eigenvalue weighted by molar-refractivity contribution is 6.02. The fourth-order valence-electron chi connectivity index (χ4n) is 4.07. The number of hydrogen-bond donors (Lipinski definition) is 1. The molecule has 1 unspecified atom stereocenters. The van der Waals surface area contributed by atoms with E-state index in [1.54, 1.807) is 13.2 Å². The first kappa shape index (κ1) is 24.9. The van der Waals surface area contributed by atoms with Gasteiger partial charge in [0, 0.05) is 13.7 Å². The first-order chi connectivity index (χ1) is 17.5. The molecule has 0 aliphatic rings. The van der Waals surface area contributed by atoms with E-state index in [4.69, 9.17) is 9.47 Å². The standard InChI is InChI=1S/C27H29N5O4/c1-19-13-14-24(36-3)23(17-19)32(25(33)18-31-22-12-8-7-11-21(22)29-30-31)26(20-9-5-4-6-10-20)27(34)28-15-16-35-2/h4-14,17,26H,15-16,18H2,1-3H3,(H,28,34). The average molecular weight is 488 g/mol. The third-order valence-corrected chi connectivity index (χ3v) is 5.80. The Hall–Kier alpha value is -4.24. The number of nitrogens with zero attached hydrogens (tertiary/aromatic N) is 4. The summed E-state index contributed by atoms with van der Waals surface area (Å²) >= 11 is 0. The highest BCUT2D eigenvalue weighted by Gasteiger charge is 2.34. The van der Waals surface area contributed by atoms with Gasteiger partial charge in [0.05, 0.1) is 24.9 Å². The van der Waals surface area contributed by atoms with E-state index in [2.05, 4.69) is 15.6 Å². The van der Waals surface area contributed by atoms with Crippen molar-refractivity contribution in [1.29, 1.82) is 0 Å². The Morgan fingerprint density at radius 1 is 1.03 bits per heavy atom. The molecule has 0 radical (unpaired) electrons. The molecule has 4 aromatic rings. The number of fused-ring (bicyclic) bond motifs is 1. The lowest BCUT2D eigenvalue weighted by molar-refractivity contribution is -0.127. The van der Waals surface area contributed by atoms with Crippen molar-refractivity contribution in [2.24, 2.45) is 0 Å². The van der Waals surface area contributed by atoms with Gasteiger partial charge in [-0.2, -0.15) is 0 Å². The molecule has 36 heavy (non-hydrogen) atoms. The van der Waals surface area contributed by atoms with Gasteiger partial charge >= 0.3 is 0 Å². The molecule has 0 spiro atoms. The SMILES string of the molecule is COCCNC(=O)C(c1ccccc1)N(C(=O)Cn1nnc2ccccc21)c1cc(C)ccc1OC. The fourth-order valence-corrected chi connectivity index (χ4v) is 4.07. The Bertz CT molecular complexity index is 1340. The minimum atomic E-state index is -0.957. The minimum Gasteiger partial charge on any atom is -0.495 e. The number of carbonyl (C=O) groups is 2. The van der Waals surface area contributed by atoms with Gasteiger partial charge < -0.3 is 14.8 Å². The van der Waals surface area contributed by atoms with Crippen LogP contribution in [0.3, 0.4) is 0 Å². The van der Waals surface area contributed by atoms with Crippen LogP contribution in [0.25, 0.3) is 11.0 Å². The molecule has 9 nitrogen and oxygen atoms in total. The predicted octanol–water partition coefficient (Wildman–Crippen LogP) is 3.29. The fraction of sp³-hybridized carbons (Fsp3) is 0.259. The van der Waals surface area contributed by atoms with Crippen LogP contribution in [0, 0.1) is 6.92 Å². The summed E-state index contributed by atoms with van der Waals surface area (Å²) in [6, 6.07) is 21.2. The Morgan fingerprint density at radius 3 is 2.53 bits per heavy atom. The number of ether oxygens (including phenoxy) is 2. The molecule has 0 fully saturated rings. The number of carbonyl (C=O) groups excluding carboxylic acids is 2. The van der Waals surface area contributed by atoms with Gasteiger partial charge in [0.25, 0.3) is 0 Å².